The maximum atomic E-state index is 13.2. The predicted molar refractivity (Wildman–Crippen MR) is 128 cm³/mol. The van der Waals surface area contributed by atoms with Gasteiger partial charge >= 0.3 is 0 Å². The first kappa shape index (κ1) is 23.1. The normalized spacial score (nSPS) is 14.8. The van der Waals surface area contributed by atoms with Crippen LogP contribution in [0.2, 0.25) is 0 Å². The van der Waals surface area contributed by atoms with E-state index in [9.17, 15) is 9.18 Å². The van der Waals surface area contributed by atoms with Crippen molar-refractivity contribution in [2.24, 2.45) is 5.92 Å². The number of halogens is 1. The third kappa shape index (κ3) is 6.24. The Labute approximate surface area is 194 Å². The molecule has 0 radical (unpaired) electrons. The van der Waals surface area contributed by atoms with E-state index in [1.807, 2.05) is 36.4 Å². The number of anilines is 1. The van der Waals surface area contributed by atoms with Crippen LogP contribution in [0.15, 0.2) is 66.9 Å². The molecule has 1 aliphatic rings. The molecule has 33 heavy (non-hydrogen) atoms. The molecule has 0 saturated carbocycles. The molecule has 1 N–H and O–H groups in total. The van der Waals surface area contributed by atoms with Crippen LogP contribution in [0, 0.1) is 11.7 Å². The number of hydrogen-bond donors (Lipinski definition) is 1. The van der Waals surface area contributed by atoms with Crippen molar-refractivity contribution in [1.82, 2.24) is 10.3 Å². The van der Waals surface area contributed by atoms with Gasteiger partial charge in [-0.2, -0.15) is 0 Å². The fourth-order valence-corrected chi connectivity index (χ4v) is 4.07. The smallest absolute Gasteiger partial charge is 0.196 e. The lowest BCUT2D eigenvalue weighted by molar-refractivity contribution is 0.0921. The fourth-order valence-electron chi connectivity index (χ4n) is 4.07. The molecule has 3 aromatic rings. The molecule has 4 rings (SSSR count). The van der Waals surface area contributed by atoms with E-state index in [0.29, 0.717) is 30.3 Å². The van der Waals surface area contributed by atoms with Crippen molar-refractivity contribution in [2.45, 2.75) is 20.0 Å². The summed E-state index contributed by atoms with van der Waals surface area (Å²) in [7, 11) is 0. The summed E-state index contributed by atoms with van der Waals surface area (Å²) in [5.74, 6) is 0.848. The second-order valence-corrected chi connectivity index (χ2v) is 8.59. The van der Waals surface area contributed by atoms with Gasteiger partial charge in [-0.05, 0) is 47.7 Å². The van der Waals surface area contributed by atoms with Crippen LogP contribution in [0.1, 0.15) is 34.0 Å². The molecule has 6 heteroatoms. The Bertz CT molecular complexity index is 1050. The Kier molecular flexibility index (Phi) is 7.81. The maximum absolute atomic E-state index is 13.2. The summed E-state index contributed by atoms with van der Waals surface area (Å²) in [6.07, 6.45) is 2.60. The molecule has 1 aromatic heterocycles. The molecule has 0 bridgehead atoms. The van der Waals surface area contributed by atoms with Crippen LogP contribution in [0.3, 0.4) is 0 Å². The van der Waals surface area contributed by atoms with Gasteiger partial charge in [0.15, 0.2) is 5.78 Å². The van der Waals surface area contributed by atoms with E-state index < -0.39 is 0 Å². The van der Waals surface area contributed by atoms with Gasteiger partial charge in [0, 0.05) is 44.5 Å². The average Bonchev–Trinajstić information content (AvgIpc) is 2.86. The molecule has 2 aromatic carbocycles. The number of pyridine rings is 1. The van der Waals surface area contributed by atoms with Crippen molar-refractivity contribution < 1.29 is 13.9 Å². The number of ketones is 1. The molecule has 2 heterocycles. The van der Waals surface area contributed by atoms with Gasteiger partial charge in [0.1, 0.15) is 11.6 Å². The number of nitrogens with zero attached hydrogens (tertiary/aromatic N) is 2. The van der Waals surface area contributed by atoms with Crippen molar-refractivity contribution in [3.8, 4) is 0 Å². The minimum absolute atomic E-state index is 0.00105. The summed E-state index contributed by atoms with van der Waals surface area (Å²) in [5.41, 5.74) is 3.44. The Morgan fingerprint density at radius 3 is 2.48 bits per heavy atom. The van der Waals surface area contributed by atoms with E-state index in [2.05, 4.69) is 22.1 Å². The van der Waals surface area contributed by atoms with Gasteiger partial charge in [-0.1, -0.05) is 43.3 Å². The zero-order valence-electron chi connectivity index (χ0n) is 19.0. The molecule has 172 valence electrons. The van der Waals surface area contributed by atoms with Crippen LogP contribution in [0.5, 0.6) is 0 Å². The number of rotatable bonds is 9. The first-order chi connectivity index (χ1) is 16.1. The zero-order valence-corrected chi connectivity index (χ0v) is 19.0. The summed E-state index contributed by atoms with van der Waals surface area (Å²) < 4.78 is 18.8. The van der Waals surface area contributed by atoms with Gasteiger partial charge in [0.2, 0.25) is 0 Å². The van der Waals surface area contributed by atoms with Crippen molar-refractivity contribution >= 4 is 11.6 Å². The SMILES string of the molecule is CC(COCc1ccc(F)cc1)Cc1ccc(C(=O)c2cccnc2N2CCNCC2)cc1. The van der Waals surface area contributed by atoms with Crippen LogP contribution in [-0.4, -0.2) is 43.6 Å². The van der Waals surface area contributed by atoms with Gasteiger partial charge in [0.05, 0.1) is 12.2 Å². The van der Waals surface area contributed by atoms with Gasteiger partial charge in [-0.25, -0.2) is 9.37 Å². The fraction of sp³-hybridized carbons (Fsp3) is 0.333. The summed E-state index contributed by atoms with van der Waals surface area (Å²) >= 11 is 0. The highest BCUT2D eigenvalue weighted by Crippen LogP contribution is 2.22. The van der Waals surface area contributed by atoms with Crippen LogP contribution in [-0.2, 0) is 17.8 Å². The average molecular weight is 448 g/mol. The summed E-state index contributed by atoms with van der Waals surface area (Å²) in [6.45, 7) is 6.70. The third-order valence-corrected chi connectivity index (χ3v) is 5.83. The summed E-state index contributed by atoms with van der Waals surface area (Å²) in [6, 6.07) is 17.9. The summed E-state index contributed by atoms with van der Waals surface area (Å²) in [5, 5.41) is 3.33. The number of carbonyl (C=O) groups excluding carboxylic acids is 1. The predicted octanol–water partition coefficient (Wildman–Crippen LogP) is 4.26. The largest absolute Gasteiger partial charge is 0.376 e. The number of ether oxygens (including phenoxy) is 1. The van der Waals surface area contributed by atoms with Gasteiger partial charge < -0.3 is 15.0 Å². The first-order valence-corrected chi connectivity index (χ1v) is 11.5. The number of hydrogen-bond acceptors (Lipinski definition) is 5. The number of aromatic nitrogens is 1. The molecular weight excluding hydrogens is 417 g/mol. The molecule has 0 spiro atoms. The molecule has 0 amide bonds. The lowest BCUT2D eigenvalue weighted by Crippen LogP contribution is -2.44. The highest BCUT2D eigenvalue weighted by atomic mass is 19.1. The minimum atomic E-state index is -0.238. The molecule has 1 saturated heterocycles. The second kappa shape index (κ2) is 11.2. The van der Waals surface area contributed by atoms with Crippen molar-refractivity contribution in [3.63, 3.8) is 0 Å². The van der Waals surface area contributed by atoms with Gasteiger partial charge in [-0.15, -0.1) is 0 Å². The zero-order chi connectivity index (χ0) is 23.0. The molecule has 1 fully saturated rings. The van der Waals surface area contributed by atoms with E-state index in [-0.39, 0.29) is 11.6 Å². The Morgan fingerprint density at radius 2 is 1.76 bits per heavy atom. The molecular formula is C27H30FN3O2. The van der Waals surface area contributed by atoms with Crippen LogP contribution in [0.25, 0.3) is 0 Å². The Balaban J connectivity index is 1.33. The first-order valence-electron chi connectivity index (χ1n) is 11.5. The van der Waals surface area contributed by atoms with E-state index >= 15 is 0 Å². The topological polar surface area (TPSA) is 54.5 Å². The second-order valence-electron chi connectivity index (χ2n) is 8.59. The number of carbonyl (C=O) groups is 1. The van der Waals surface area contributed by atoms with E-state index in [1.54, 1.807) is 18.3 Å². The van der Waals surface area contributed by atoms with Gasteiger partial charge in [0.25, 0.3) is 0 Å². The molecule has 1 aliphatic heterocycles. The highest BCUT2D eigenvalue weighted by molar-refractivity contribution is 6.11. The number of piperazine rings is 1. The highest BCUT2D eigenvalue weighted by Gasteiger charge is 2.20. The third-order valence-electron chi connectivity index (χ3n) is 5.83. The van der Waals surface area contributed by atoms with E-state index in [4.69, 9.17) is 4.74 Å². The van der Waals surface area contributed by atoms with E-state index in [1.165, 1.54) is 12.1 Å². The lowest BCUT2D eigenvalue weighted by Gasteiger charge is -2.29. The van der Waals surface area contributed by atoms with Gasteiger partial charge in [-0.3, -0.25) is 4.79 Å². The van der Waals surface area contributed by atoms with Crippen LogP contribution < -0.4 is 10.2 Å². The molecule has 5 nitrogen and oxygen atoms in total. The Hall–Kier alpha value is -3.09. The monoisotopic (exact) mass is 447 g/mol. The number of nitrogens with one attached hydrogen (secondary N) is 1. The van der Waals surface area contributed by atoms with Crippen molar-refractivity contribution in [1.29, 1.82) is 0 Å². The molecule has 1 unspecified atom stereocenters. The van der Waals surface area contributed by atoms with Crippen molar-refractivity contribution in [2.75, 3.05) is 37.7 Å². The standard InChI is InChI=1S/C27H30FN3O2/c1-20(18-33-19-22-6-10-24(28)11-7-22)17-21-4-8-23(9-5-21)26(32)25-3-2-12-30-27(25)31-15-13-29-14-16-31/h2-12,20,29H,13-19H2,1H3. The van der Waals surface area contributed by atoms with Crippen LogP contribution >= 0.6 is 0 Å². The summed E-state index contributed by atoms with van der Waals surface area (Å²) in [4.78, 5) is 19.9. The lowest BCUT2D eigenvalue weighted by atomic mass is 9.98. The minimum Gasteiger partial charge on any atom is -0.376 e. The van der Waals surface area contributed by atoms with Crippen molar-refractivity contribution in [3.05, 3.63) is 94.9 Å². The maximum Gasteiger partial charge on any atom is 0.196 e. The molecule has 1 atom stereocenters. The Morgan fingerprint density at radius 1 is 1.06 bits per heavy atom. The number of benzene rings is 2. The van der Waals surface area contributed by atoms with E-state index in [0.717, 1.165) is 49.5 Å². The molecule has 0 aliphatic carbocycles. The van der Waals surface area contributed by atoms with Crippen LogP contribution in [0.4, 0.5) is 10.2 Å². The quantitative estimate of drug-likeness (QED) is 0.497.